The smallest absolute Gasteiger partial charge is 0.306 e. The average molecular weight is 628 g/mol. The molecule has 2 heterocycles. The van der Waals surface area contributed by atoms with Crippen LogP contribution in [-0.2, 0) is 32.5 Å². The molecule has 0 unspecified atom stereocenters. The molecule has 236 valence electrons. The van der Waals surface area contributed by atoms with Gasteiger partial charge in [-0.1, -0.05) is 36.7 Å². The fourth-order valence-corrected chi connectivity index (χ4v) is 6.50. The SMILES string of the molecule is CCCO[C@H]1C[C@@H](COC2CCC(C(=O)O)CC2)N(C(=O)Cc2cc(Cl)c(NC(=O)c3cn(C)c4ccccc34)cc2F)C1. The van der Waals surface area contributed by atoms with E-state index in [1.54, 1.807) is 11.1 Å². The molecular formula is C33H39ClFN3O6. The van der Waals surface area contributed by atoms with Gasteiger partial charge in [0.15, 0.2) is 0 Å². The van der Waals surface area contributed by atoms with Gasteiger partial charge in [0.1, 0.15) is 5.82 Å². The normalized spacial score (nSPS) is 22.0. The zero-order valence-electron chi connectivity index (χ0n) is 25.1. The maximum atomic E-state index is 15.3. The van der Waals surface area contributed by atoms with Crippen molar-refractivity contribution in [1.29, 1.82) is 0 Å². The van der Waals surface area contributed by atoms with Gasteiger partial charge in [0, 0.05) is 37.3 Å². The third-order valence-electron chi connectivity index (χ3n) is 8.67. The minimum absolute atomic E-state index is 0.0500. The lowest BCUT2D eigenvalue weighted by Crippen LogP contribution is -2.40. The topological polar surface area (TPSA) is 110 Å². The van der Waals surface area contributed by atoms with E-state index in [0.29, 0.717) is 57.4 Å². The van der Waals surface area contributed by atoms with Gasteiger partial charge in [-0.25, -0.2) is 4.39 Å². The lowest BCUT2D eigenvalue weighted by Gasteiger charge is -2.30. The summed E-state index contributed by atoms with van der Waals surface area (Å²) in [6.45, 7) is 3.29. The van der Waals surface area contributed by atoms with Crippen LogP contribution >= 0.6 is 11.6 Å². The Morgan fingerprint density at radius 1 is 1.09 bits per heavy atom. The summed E-state index contributed by atoms with van der Waals surface area (Å²) >= 11 is 6.49. The number of aryl methyl sites for hydroxylation is 1. The van der Waals surface area contributed by atoms with Crippen LogP contribution < -0.4 is 5.32 Å². The first kappa shape index (κ1) is 31.9. The summed E-state index contributed by atoms with van der Waals surface area (Å²) < 4.78 is 29.3. The number of likely N-dealkylation sites (tertiary alicyclic amines) is 1. The quantitative estimate of drug-likeness (QED) is 0.277. The maximum absolute atomic E-state index is 15.3. The molecule has 2 atom stereocenters. The van der Waals surface area contributed by atoms with Crippen LogP contribution in [0.1, 0.15) is 61.4 Å². The second kappa shape index (κ2) is 14.1. The molecule has 3 aromatic rings. The monoisotopic (exact) mass is 627 g/mol. The third kappa shape index (κ3) is 7.25. The lowest BCUT2D eigenvalue weighted by atomic mass is 9.87. The second-order valence-corrected chi connectivity index (χ2v) is 12.2. The van der Waals surface area contributed by atoms with E-state index < -0.39 is 17.7 Å². The summed E-state index contributed by atoms with van der Waals surface area (Å²) in [5.74, 6) is -2.41. The molecule has 2 N–H and O–H groups in total. The first-order valence-electron chi connectivity index (χ1n) is 15.2. The van der Waals surface area contributed by atoms with Gasteiger partial charge in [-0.15, -0.1) is 0 Å². The Balaban J connectivity index is 1.24. The van der Waals surface area contributed by atoms with Crippen LogP contribution in [0.25, 0.3) is 10.9 Å². The summed E-state index contributed by atoms with van der Waals surface area (Å²) in [4.78, 5) is 39.6. The number of carboxylic acids is 1. The Labute approximate surface area is 261 Å². The van der Waals surface area contributed by atoms with Crippen LogP contribution in [0.15, 0.2) is 42.6 Å². The molecular weight excluding hydrogens is 589 g/mol. The molecule has 1 saturated carbocycles. The molecule has 11 heteroatoms. The number of nitrogens with one attached hydrogen (secondary N) is 1. The first-order chi connectivity index (χ1) is 21.1. The zero-order chi connectivity index (χ0) is 31.4. The molecule has 1 aromatic heterocycles. The number of amides is 2. The number of halogens is 2. The van der Waals surface area contributed by atoms with Crippen LogP contribution in [0.4, 0.5) is 10.1 Å². The summed E-state index contributed by atoms with van der Waals surface area (Å²) in [6.07, 6.45) is 5.27. The fourth-order valence-electron chi connectivity index (χ4n) is 6.26. The van der Waals surface area contributed by atoms with E-state index in [4.69, 9.17) is 21.1 Å². The van der Waals surface area contributed by atoms with E-state index in [0.717, 1.165) is 23.4 Å². The molecule has 0 radical (unpaired) electrons. The number of nitrogens with zero attached hydrogens (tertiary/aromatic N) is 2. The van der Waals surface area contributed by atoms with Gasteiger partial charge in [0.25, 0.3) is 5.91 Å². The van der Waals surface area contributed by atoms with Crippen molar-refractivity contribution in [3.8, 4) is 0 Å². The second-order valence-electron chi connectivity index (χ2n) is 11.8. The molecule has 2 fully saturated rings. The summed E-state index contributed by atoms with van der Waals surface area (Å²) in [5, 5.41) is 12.9. The highest BCUT2D eigenvalue weighted by Crippen LogP contribution is 2.31. The van der Waals surface area contributed by atoms with Crippen molar-refractivity contribution >= 4 is 46.0 Å². The first-order valence-corrected chi connectivity index (χ1v) is 15.6. The summed E-state index contributed by atoms with van der Waals surface area (Å²) in [5.41, 5.74) is 1.59. The Kier molecular flexibility index (Phi) is 10.2. The number of ether oxygens (including phenoxy) is 2. The fraction of sp³-hybridized carbons (Fsp3) is 0.485. The van der Waals surface area contributed by atoms with Crippen LogP contribution in [0.3, 0.4) is 0 Å². The van der Waals surface area contributed by atoms with Gasteiger partial charge >= 0.3 is 5.97 Å². The van der Waals surface area contributed by atoms with Crippen molar-refractivity contribution in [2.75, 3.05) is 25.1 Å². The Morgan fingerprint density at radius 2 is 1.84 bits per heavy atom. The number of hydrogen-bond acceptors (Lipinski definition) is 5. The van der Waals surface area contributed by atoms with Crippen LogP contribution in [0.5, 0.6) is 0 Å². The lowest BCUT2D eigenvalue weighted by molar-refractivity contribution is -0.144. The highest BCUT2D eigenvalue weighted by Gasteiger charge is 2.37. The third-order valence-corrected chi connectivity index (χ3v) is 8.98. The number of carboxylic acid groups (broad SMARTS) is 1. The molecule has 0 spiro atoms. The molecule has 0 bridgehead atoms. The molecule has 2 aromatic carbocycles. The molecule has 44 heavy (non-hydrogen) atoms. The molecule has 1 aliphatic heterocycles. The Morgan fingerprint density at radius 3 is 2.57 bits per heavy atom. The van der Waals surface area contributed by atoms with Gasteiger partial charge in [-0.05, 0) is 62.3 Å². The van der Waals surface area contributed by atoms with Gasteiger partial charge in [-0.2, -0.15) is 0 Å². The van der Waals surface area contributed by atoms with Crippen LogP contribution in [0, 0.1) is 11.7 Å². The van der Waals surface area contributed by atoms with E-state index in [9.17, 15) is 19.5 Å². The number of carbonyl (C=O) groups is 3. The van der Waals surface area contributed by atoms with Gasteiger partial charge in [0.2, 0.25) is 5.91 Å². The number of carbonyl (C=O) groups excluding carboxylic acids is 2. The minimum Gasteiger partial charge on any atom is -0.481 e. The number of hydrogen-bond donors (Lipinski definition) is 2. The molecule has 1 saturated heterocycles. The highest BCUT2D eigenvalue weighted by atomic mass is 35.5. The predicted molar refractivity (Wildman–Crippen MR) is 165 cm³/mol. The number of rotatable bonds is 11. The van der Waals surface area contributed by atoms with Crippen molar-refractivity contribution in [1.82, 2.24) is 9.47 Å². The zero-order valence-corrected chi connectivity index (χ0v) is 25.8. The van der Waals surface area contributed by atoms with Gasteiger partial charge < -0.3 is 29.4 Å². The maximum Gasteiger partial charge on any atom is 0.306 e. The standard InChI is InChI=1S/C33H39ClFN3O6/c1-3-12-43-24-15-22(19-44-23-10-8-20(9-11-23)33(41)42)38(17-24)31(39)14-21-13-27(34)29(16-28(21)35)36-32(40)26-18-37(2)30-7-5-4-6-25(26)30/h4-7,13,16,18,20,22-24H,3,8-12,14-15,17,19H2,1-2H3,(H,36,40)(H,41,42)/t20?,22-,23?,24-/m0/s1. The number of anilines is 1. The number of fused-ring (bicyclic) bond motifs is 1. The van der Waals surface area contributed by atoms with Crippen molar-refractivity contribution in [3.63, 3.8) is 0 Å². The largest absolute Gasteiger partial charge is 0.481 e. The molecule has 5 rings (SSSR count). The molecule has 2 amide bonds. The van der Waals surface area contributed by atoms with E-state index in [1.165, 1.54) is 6.07 Å². The summed E-state index contributed by atoms with van der Waals surface area (Å²) in [6, 6.07) is 9.80. The van der Waals surface area contributed by atoms with Gasteiger partial charge in [0.05, 0.1) is 53.5 Å². The van der Waals surface area contributed by atoms with E-state index in [-0.39, 0.29) is 52.8 Å². The number of aliphatic carboxylic acids is 1. The van der Waals surface area contributed by atoms with Crippen molar-refractivity contribution in [2.45, 2.75) is 70.1 Å². The Bertz CT molecular complexity index is 1520. The molecule has 9 nitrogen and oxygen atoms in total. The van der Waals surface area contributed by atoms with E-state index in [2.05, 4.69) is 5.32 Å². The highest BCUT2D eigenvalue weighted by molar-refractivity contribution is 6.34. The van der Waals surface area contributed by atoms with Crippen molar-refractivity contribution < 1.29 is 33.4 Å². The average Bonchev–Trinajstić information content (AvgIpc) is 3.58. The minimum atomic E-state index is -0.764. The van der Waals surface area contributed by atoms with Crippen LogP contribution in [-0.4, -0.2) is 70.4 Å². The van der Waals surface area contributed by atoms with Gasteiger partial charge in [-0.3, -0.25) is 14.4 Å². The number of aromatic nitrogens is 1. The van der Waals surface area contributed by atoms with Crippen LogP contribution in [0.2, 0.25) is 5.02 Å². The van der Waals surface area contributed by atoms with Crippen molar-refractivity contribution in [2.24, 2.45) is 13.0 Å². The molecule has 2 aliphatic rings. The van der Waals surface area contributed by atoms with E-state index >= 15 is 4.39 Å². The molecule has 1 aliphatic carbocycles. The summed E-state index contributed by atoms with van der Waals surface area (Å²) in [7, 11) is 1.85. The number of para-hydroxylation sites is 1. The number of benzene rings is 2. The van der Waals surface area contributed by atoms with Crippen molar-refractivity contribution in [3.05, 3.63) is 64.6 Å². The Hall–Kier alpha value is -3.47. The predicted octanol–water partition coefficient (Wildman–Crippen LogP) is 5.82. The van der Waals surface area contributed by atoms with E-state index in [1.807, 2.05) is 42.8 Å².